The molecule has 4 heteroatoms. The minimum Gasteiger partial charge on any atom is -0.480 e. The molecule has 1 rings (SSSR count). The van der Waals surface area contributed by atoms with E-state index < -0.39 is 17.4 Å². The summed E-state index contributed by atoms with van der Waals surface area (Å²) in [5.41, 5.74) is -1.51. The Balaban J connectivity index is 3.01. The van der Waals surface area contributed by atoms with E-state index in [-0.39, 0.29) is 12.3 Å². The van der Waals surface area contributed by atoms with Gasteiger partial charge in [0.2, 0.25) is 0 Å². The van der Waals surface area contributed by atoms with Crippen molar-refractivity contribution < 1.29 is 19.8 Å². The normalized spacial score (nSPS) is 26.9. The van der Waals surface area contributed by atoms with Crippen LogP contribution < -0.4 is 0 Å². The van der Waals surface area contributed by atoms with Gasteiger partial charge in [-0.3, -0.25) is 9.59 Å². The van der Waals surface area contributed by atoms with E-state index in [1.165, 1.54) is 0 Å². The van der Waals surface area contributed by atoms with E-state index in [9.17, 15) is 9.59 Å². The summed E-state index contributed by atoms with van der Waals surface area (Å²) < 4.78 is 0. The van der Waals surface area contributed by atoms with Crippen molar-refractivity contribution in [2.24, 2.45) is 11.3 Å². The zero-order valence-corrected chi connectivity index (χ0v) is 6.91. The maximum Gasteiger partial charge on any atom is 0.321 e. The second-order valence-electron chi connectivity index (χ2n) is 3.37. The largest absolute Gasteiger partial charge is 0.480 e. The Morgan fingerprint density at radius 2 is 1.83 bits per heavy atom. The molecule has 1 unspecified atom stereocenters. The number of carboxylic acid groups (broad SMARTS) is 2. The quantitative estimate of drug-likeness (QED) is 0.608. The molecule has 68 valence electrons. The van der Waals surface area contributed by atoms with Crippen LogP contribution in [0.25, 0.3) is 0 Å². The highest BCUT2D eigenvalue weighted by molar-refractivity contribution is 5.98. The van der Waals surface area contributed by atoms with E-state index in [2.05, 4.69) is 0 Å². The maximum absolute atomic E-state index is 10.8. The summed E-state index contributed by atoms with van der Waals surface area (Å²) in [7, 11) is 0. The Hall–Kier alpha value is -1.06. The Morgan fingerprint density at radius 1 is 1.33 bits per heavy atom. The molecule has 0 spiro atoms. The predicted molar refractivity (Wildman–Crippen MR) is 40.7 cm³/mol. The summed E-state index contributed by atoms with van der Waals surface area (Å²) in [4.78, 5) is 21.6. The van der Waals surface area contributed by atoms with Crippen LogP contribution in [0.5, 0.6) is 0 Å². The third-order valence-electron chi connectivity index (χ3n) is 2.81. The van der Waals surface area contributed by atoms with Crippen molar-refractivity contribution in [1.29, 1.82) is 0 Å². The molecule has 1 aliphatic rings. The SMILES string of the molecule is CC1CCCC1(C(=O)O)C(=O)O. The highest BCUT2D eigenvalue weighted by Crippen LogP contribution is 2.43. The van der Waals surface area contributed by atoms with Gasteiger partial charge in [0, 0.05) is 0 Å². The zero-order valence-electron chi connectivity index (χ0n) is 6.91. The Bertz CT molecular complexity index is 207. The van der Waals surface area contributed by atoms with Gasteiger partial charge in [-0.2, -0.15) is 0 Å². The van der Waals surface area contributed by atoms with E-state index in [4.69, 9.17) is 10.2 Å². The van der Waals surface area contributed by atoms with E-state index >= 15 is 0 Å². The lowest BCUT2D eigenvalue weighted by atomic mass is 9.79. The number of aliphatic carboxylic acids is 2. The van der Waals surface area contributed by atoms with Gasteiger partial charge < -0.3 is 10.2 Å². The molecule has 0 saturated heterocycles. The second kappa shape index (κ2) is 2.77. The number of carboxylic acids is 2. The molecule has 0 aromatic rings. The molecule has 0 heterocycles. The fourth-order valence-electron chi connectivity index (χ4n) is 1.91. The molecule has 0 radical (unpaired) electrons. The van der Waals surface area contributed by atoms with Crippen molar-refractivity contribution in [3.05, 3.63) is 0 Å². The lowest BCUT2D eigenvalue weighted by Gasteiger charge is -2.23. The third-order valence-corrected chi connectivity index (χ3v) is 2.81. The fourth-order valence-corrected chi connectivity index (χ4v) is 1.91. The summed E-state index contributed by atoms with van der Waals surface area (Å²) in [6.45, 7) is 1.69. The van der Waals surface area contributed by atoms with Crippen LogP contribution in [0.4, 0.5) is 0 Å². The molecule has 2 N–H and O–H groups in total. The molecular weight excluding hydrogens is 160 g/mol. The maximum atomic E-state index is 10.8. The Kier molecular flexibility index (Phi) is 2.08. The van der Waals surface area contributed by atoms with Gasteiger partial charge in [-0.1, -0.05) is 13.3 Å². The minimum atomic E-state index is -1.51. The van der Waals surface area contributed by atoms with Crippen LogP contribution >= 0.6 is 0 Å². The van der Waals surface area contributed by atoms with Crippen molar-refractivity contribution in [2.45, 2.75) is 26.2 Å². The molecule has 4 nitrogen and oxygen atoms in total. The van der Waals surface area contributed by atoms with Gasteiger partial charge in [0.05, 0.1) is 0 Å². The van der Waals surface area contributed by atoms with E-state index in [1.54, 1.807) is 6.92 Å². The van der Waals surface area contributed by atoms with Crippen LogP contribution in [0.3, 0.4) is 0 Å². The van der Waals surface area contributed by atoms with Gasteiger partial charge in [0.25, 0.3) is 0 Å². The van der Waals surface area contributed by atoms with E-state index in [0.29, 0.717) is 12.8 Å². The van der Waals surface area contributed by atoms with Gasteiger partial charge in [-0.05, 0) is 18.8 Å². The van der Waals surface area contributed by atoms with Gasteiger partial charge in [-0.15, -0.1) is 0 Å². The molecular formula is C8H12O4. The predicted octanol–water partition coefficient (Wildman–Crippen LogP) is 0.962. The lowest BCUT2D eigenvalue weighted by molar-refractivity contribution is -0.167. The highest BCUT2D eigenvalue weighted by atomic mass is 16.4. The second-order valence-corrected chi connectivity index (χ2v) is 3.37. The smallest absolute Gasteiger partial charge is 0.321 e. The van der Waals surface area contributed by atoms with Crippen molar-refractivity contribution in [3.63, 3.8) is 0 Å². The average molecular weight is 172 g/mol. The van der Waals surface area contributed by atoms with Gasteiger partial charge in [0.15, 0.2) is 5.41 Å². The summed E-state index contributed by atoms with van der Waals surface area (Å²) in [6.07, 6.45) is 1.65. The Labute approximate surface area is 70.2 Å². The zero-order chi connectivity index (χ0) is 9.35. The van der Waals surface area contributed by atoms with Crippen LogP contribution in [0, 0.1) is 11.3 Å². The van der Waals surface area contributed by atoms with Gasteiger partial charge in [0.1, 0.15) is 0 Å². The molecule has 1 fully saturated rings. The van der Waals surface area contributed by atoms with Crippen molar-refractivity contribution >= 4 is 11.9 Å². The molecule has 0 aromatic heterocycles. The van der Waals surface area contributed by atoms with Gasteiger partial charge in [-0.25, -0.2) is 0 Å². The first-order valence-corrected chi connectivity index (χ1v) is 3.98. The molecule has 0 aliphatic heterocycles. The third kappa shape index (κ3) is 0.983. The number of rotatable bonds is 2. The van der Waals surface area contributed by atoms with Crippen molar-refractivity contribution in [3.8, 4) is 0 Å². The van der Waals surface area contributed by atoms with Crippen molar-refractivity contribution in [2.75, 3.05) is 0 Å². The Morgan fingerprint density at radius 3 is 2.00 bits per heavy atom. The van der Waals surface area contributed by atoms with Crippen LogP contribution in [0.1, 0.15) is 26.2 Å². The molecule has 1 saturated carbocycles. The molecule has 12 heavy (non-hydrogen) atoms. The highest BCUT2D eigenvalue weighted by Gasteiger charge is 2.53. The van der Waals surface area contributed by atoms with Gasteiger partial charge >= 0.3 is 11.9 Å². The van der Waals surface area contributed by atoms with E-state index in [0.717, 1.165) is 0 Å². The average Bonchev–Trinajstić information content (AvgIpc) is 2.31. The first-order chi connectivity index (χ1) is 5.51. The molecule has 0 aromatic carbocycles. The minimum absolute atomic E-state index is 0.257. The molecule has 0 bridgehead atoms. The van der Waals surface area contributed by atoms with Crippen LogP contribution in [-0.2, 0) is 9.59 Å². The number of hydrogen-bond donors (Lipinski definition) is 2. The molecule has 0 amide bonds. The first-order valence-electron chi connectivity index (χ1n) is 3.98. The summed E-state index contributed by atoms with van der Waals surface area (Å²) in [5, 5.41) is 17.6. The summed E-state index contributed by atoms with van der Waals surface area (Å²) >= 11 is 0. The summed E-state index contributed by atoms with van der Waals surface area (Å²) in [6, 6.07) is 0. The monoisotopic (exact) mass is 172 g/mol. The lowest BCUT2D eigenvalue weighted by Crippen LogP contribution is -2.41. The van der Waals surface area contributed by atoms with E-state index in [1.807, 2.05) is 0 Å². The summed E-state index contributed by atoms with van der Waals surface area (Å²) in [5.74, 6) is -2.65. The standard InChI is InChI=1S/C8H12O4/c1-5-3-2-4-8(5,6(9)10)7(11)12/h5H,2-4H2,1H3,(H,9,10)(H,11,12). The molecule has 1 atom stereocenters. The number of carbonyl (C=O) groups is 2. The van der Waals surface area contributed by atoms with Crippen LogP contribution in [0.2, 0.25) is 0 Å². The molecule has 1 aliphatic carbocycles. The van der Waals surface area contributed by atoms with Crippen LogP contribution in [-0.4, -0.2) is 22.2 Å². The first kappa shape index (κ1) is 9.03. The topological polar surface area (TPSA) is 74.6 Å². The fraction of sp³-hybridized carbons (Fsp3) is 0.750. The number of hydrogen-bond acceptors (Lipinski definition) is 2. The van der Waals surface area contributed by atoms with Crippen LogP contribution in [0.15, 0.2) is 0 Å². The van der Waals surface area contributed by atoms with Crippen molar-refractivity contribution in [1.82, 2.24) is 0 Å².